The predicted octanol–water partition coefficient (Wildman–Crippen LogP) is 4.09. The third-order valence-corrected chi connectivity index (χ3v) is 10.3. The number of nitrogens with zero attached hydrogens (tertiary/aromatic N) is 8. The smallest absolute Gasteiger partial charge is 0.219 e. The first-order chi connectivity index (χ1) is 21.7. The van der Waals surface area contributed by atoms with Gasteiger partial charge in [-0.3, -0.25) is 9.80 Å². The number of likely N-dealkylation sites (N-methyl/N-ethyl adjacent to an activating group) is 1. The maximum absolute atomic E-state index is 14.2. The largest absolute Gasteiger partial charge is 0.473 e. The van der Waals surface area contributed by atoms with E-state index in [0.29, 0.717) is 47.4 Å². The molecule has 12 heteroatoms. The highest BCUT2D eigenvalue weighted by molar-refractivity contribution is 5.68. The number of halogens is 1. The second-order valence-electron chi connectivity index (χ2n) is 13.2. The molecule has 2 N–H and O–H groups in total. The molecule has 45 heavy (non-hydrogen) atoms. The Hall–Kier alpha value is -4.34. The van der Waals surface area contributed by atoms with Gasteiger partial charge in [-0.2, -0.15) is 15.3 Å². The number of aryl methyl sites for hydroxylation is 1. The minimum Gasteiger partial charge on any atom is -0.473 e. The molecule has 1 fully saturated rings. The van der Waals surface area contributed by atoms with Gasteiger partial charge in [0.2, 0.25) is 5.88 Å². The Morgan fingerprint density at radius 1 is 1.18 bits per heavy atom. The summed E-state index contributed by atoms with van der Waals surface area (Å²) in [7, 11) is 3.99. The van der Waals surface area contributed by atoms with Crippen LogP contribution in [0.5, 0.6) is 5.88 Å². The Balaban J connectivity index is 1.22. The molecule has 11 nitrogen and oxygen atoms in total. The lowest BCUT2D eigenvalue weighted by atomic mass is 9.68. The highest BCUT2D eigenvalue weighted by Crippen LogP contribution is 2.54. The summed E-state index contributed by atoms with van der Waals surface area (Å²) >= 11 is 0. The van der Waals surface area contributed by atoms with Gasteiger partial charge in [-0.1, -0.05) is 11.2 Å². The molecule has 4 atom stereocenters. The quantitative estimate of drug-likeness (QED) is 0.330. The third-order valence-electron chi connectivity index (χ3n) is 10.3. The molecule has 0 amide bonds. The molecule has 2 aliphatic heterocycles. The zero-order valence-corrected chi connectivity index (χ0v) is 25.8. The van der Waals surface area contributed by atoms with Crippen molar-refractivity contribution < 1.29 is 13.7 Å². The SMILES string of the molecule is C[C@H](Oc1cc(-n2cc3c(n2)CN(C)C3)nc(-c2noc3c2CCC[C@@]32CCc3ccc(N)c(C#N)c32)n1)[C@@H]1C[C@@H](F)CN1C. The minimum atomic E-state index is -0.876. The number of likely N-dealkylation sites (tertiary alicyclic amines) is 1. The lowest BCUT2D eigenvalue weighted by Crippen LogP contribution is -2.38. The van der Waals surface area contributed by atoms with Gasteiger partial charge in [0.05, 0.1) is 16.7 Å². The molecule has 5 heterocycles. The summed E-state index contributed by atoms with van der Waals surface area (Å²) in [6.45, 7) is 3.94. The zero-order chi connectivity index (χ0) is 31.0. The summed E-state index contributed by atoms with van der Waals surface area (Å²) in [5.41, 5.74) is 12.7. The number of fused-ring (bicyclic) bond motifs is 5. The van der Waals surface area contributed by atoms with Crippen LogP contribution in [0.1, 0.15) is 71.9 Å². The molecule has 1 saturated heterocycles. The van der Waals surface area contributed by atoms with E-state index >= 15 is 0 Å². The molecule has 4 aromatic rings. The van der Waals surface area contributed by atoms with Crippen molar-refractivity contribution in [2.75, 3.05) is 26.4 Å². The summed E-state index contributed by atoms with van der Waals surface area (Å²) in [6, 6.07) is 7.95. The highest BCUT2D eigenvalue weighted by Gasteiger charge is 2.49. The molecule has 0 saturated carbocycles. The van der Waals surface area contributed by atoms with Gasteiger partial charge in [-0.25, -0.2) is 14.1 Å². The van der Waals surface area contributed by atoms with Crippen molar-refractivity contribution in [3.63, 3.8) is 0 Å². The Morgan fingerprint density at radius 2 is 2.04 bits per heavy atom. The van der Waals surface area contributed by atoms with Gasteiger partial charge in [0.25, 0.3) is 0 Å². The van der Waals surface area contributed by atoms with Crippen LogP contribution in [-0.2, 0) is 31.3 Å². The van der Waals surface area contributed by atoms with E-state index in [1.807, 2.05) is 37.2 Å². The third kappa shape index (κ3) is 4.43. The first kappa shape index (κ1) is 28.2. The van der Waals surface area contributed by atoms with Crippen LogP contribution in [0, 0.1) is 11.3 Å². The van der Waals surface area contributed by atoms with Crippen LogP contribution in [0.25, 0.3) is 17.3 Å². The second-order valence-corrected chi connectivity index (χ2v) is 13.2. The fraction of sp³-hybridized carbons (Fsp3) is 0.485. The molecule has 0 radical (unpaired) electrons. The second kappa shape index (κ2) is 10.4. The molecule has 0 unspecified atom stereocenters. The Labute approximate surface area is 260 Å². The van der Waals surface area contributed by atoms with Gasteiger partial charge in [0.1, 0.15) is 18.3 Å². The average Bonchev–Trinajstić information content (AvgIpc) is 3.82. The van der Waals surface area contributed by atoms with Crippen LogP contribution in [-0.4, -0.2) is 73.7 Å². The van der Waals surface area contributed by atoms with Crippen molar-refractivity contribution >= 4 is 5.69 Å². The summed E-state index contributed by atoms with van der Waals surface area (Å²) in [5, 5.41) is 19.5. The first-order valence-corrected chi connectivity index (χ1v) is 15.7. The van der Waals surface area contributed by atoms with Crippen molar-refractivity contribution in [2.45, 2.75) is 82.3 Å². The lowest BCUT2D eigenvalue weighted by Gasteiger charge is -2.33. The zero-order valence-electron chi connectivity index (χ0n) is 25.8. The standard InChI is InChI=1S/C33H36FN9O2/c1-18(26-11-21(34)16-42(26)3)44-28-12-27(43-15-20-14-41(2)17-25(20)39-43)37-32(38-28)30-22-5-4-9-33(31(22)45-40-30)10-8-19-6-7-24(36)23(13-35)29(19)33/h6-7,12,15,18,21,26H,4-5,8-11,14,16-17,36H2,1-3H3/t18-,21+,26-,33-/m0/s1. The van der Waals surface area contributed by atoms with E-state index in [-0.39, 0.29) is 12.1 Å². The van der Waals surface area contributed by atoms with Gasteiger partial charge in [0, 0.05) is 54.8 Å². The van der Waals surface area contributed by atoms with Crippen molar-refractivity contribution in [2.24, 2.45) is 0 Å². The van der Waals surface area contributed by atoms with Gasteiger partial charge in [-0.15, -0.1) is 0 Å². The van der Waals surface area contributed by atoms with Crippen LogP contribution in [0.15, 0.2) is 28.9 Å². The molecule has 3 aromatic heterocycles. The molecule has 0 bridgehead atoms. The average molecular weight is 610 g/mol. The van der Waals surface area contributed by atoms with E-state index in [9.17, 15) is 9.65 Å². The molecule has 2 aliphatic carbocycles. The molecule has 4 aliphatic rings. The number of aromatic nitrogens is 5. The predicted molar refractivity (Wildman–Crippen MR) is 163 cm³/mol. The molecule has 232 valence electrons. The summed E-state index contributed by atoms with van der Waals surface area (Å²) < 4.78 is 28.6. The first-order valence-electron chi connectivity index (χ1n) is 15.7. The molecular formula is C33H36FN9O2. The van der Waals surface area contributed by atoms with Crippen molar-refractivity contribution in [3.8, 4) is 29.3 Å². The fourth-order valence-electron chi connectivity index (χ4n) is 8.17. The number of hydrogen-bond acceptors (Lipinski definition) is 10. The Kier molecular flexibility index (Phi) is 6.48. The van der Waals surface area contributed by atoms with Crippen LogP contribution in [0.2, 0.25) is 0 Å². The van der Waals surface area contributed by atoms with Crippen molar-refractivity contribution in [1.29, 1.82) is 5.26 Å². The minimum absolute atomic E-state index is 0.0743. The van der Waals surface area contributed by atoms with Crippen molar-refractivity contribution in [3.05, 3.63) is 63.7 Å². The van der Waals surface area contributed by atoms with Gasteiger partial charge < -0.3 is 15.0 Å². The number of alkyl halides is 1. The summed E-state index contributed by atoms with van der Waals surface area (Å²) in [6.07, 6.45) is 5.42. The van der Waals surface area contributed by atoms with E-state index in [1.54, 1.807) is 10.7 Å². The number of ether oxygens (including phenoxy) is 1. The number of benzene rings is 1. The Morgan fingerprint density at radius 3 is 2.82 bits per heavy atom. The van der Waals surface area contributed by atoms with Crippen LogP contribution < -0.4 is 10.5 Å². The topological polar surface area (TPSA) is 135 Å². The molecule has 1 spiro atoms. The van der Waals surface area contributed by atoms with Crippen LogP contribution in [0.4, 0.5) is 10.1 Å². The van der Waals surface area contributed by atoms with E-state index in [0.717, 1.165) is 78.9 Å². The molecule has 1 aromatic carbocycles. The lowest BCUT2D eigenvalue weighted by molar-refractivity contribution is 0.117. The van der Waals surface area contributed by atoms with E-state index in [4.69, 9.17) is 30.1 Å². The number of anilines is 1. The van der Waals surface area contributed by atoms with E-state index in [2.05, 4.69) is 23.2 Å². The maximum Gasteiger partial charge on any atom is 0.219 e. The van der Waals surface area contributed by atoms with Gasteiger partial charge >= 0.3 is 0 Å². The van der Waals surface area contributed by atoms with Gasteiger partial charge in [0.15, 0.2) is 23.1 Å². The van der Waals surface area contributed by atoms with E-state index in [1.165, 1.54) is 0 Å². The maximum atomic E-state index is 14.2. The van der Waals surface area contributed by atoms with Crippen LogP contribution >= 0.6 is 0 Å². The number of nitriles is 1. The van der Waals surface area contributed by atoms with E-state index < -0.39 is 11.6 Å². The molecule has 8 rings (SSSR count). The Bertz CT molecular complexity index is 1840. The summed E-state index contributed by atoms with van der Waals surface area (Å²) in [5.74, 6) is 2.10. The summed E-state index contributed by atoms with van der Waals surface area (Å²) in [4.78, 5) is 14.0. The number of hydrogen-bond donors (Lipinski definition) is 1. The fourth-order valence-corrected chi connectivity index (χ4v) is 8.17. The monoisotopic (exact) mass is 609 g/mol. The normalized spacial score (nSPS) is 24.9. The number of rotatable bonds is 5. The van der Waals surface area contributed by atoms with Crippen LogP contribution in [0.3, 0.4) is 0 Å². The highest BCUT2D eigenvalue weighted by atomic mass is 19.1. The molecular weight excluding hydrogens is 573 g/mol. The number of nitrogens with two attached hydrogens (primary N) is 1. The number of nitrogen functional groups attached to an aromatic ring is 1. The van der Waals surface area contributed by atoms with Crippen molar-refractivity contribution in [1.82, 2.24) is 34.7 Å². The van der Waals surface area contributed by atoms with Gasteiger partial charge in [-0.05, 0) is 76.7 Å².